The van der Waals surface area contributed by atoms with Crippen molar-refractivity contribution in [3.8, 4) is 0 Å². The van der Waals surface area contributed by atoms with Gasteiger partial charge in [0.15, 0.2) is 0 Å². The smallest absolute Gasteiger partial charge is 0.347 e. The third-order valence-corrected chi connectivity index (χ3v) is 2.05. The zero-order valence-electron chi connectivity index (χ0n) is 9.55. The molecule has 8 heteroatoms. The zero-order chi connectivity index (χ0) is 13.6. The molecular weight excluding hydrogens is 261 g/mol. The van der Waals surface area contributed by atoms with E-state index in [1.165, 1.54) is 14.1 Å². The molecule has 0 fully saturated rings. The second-order valence-corrected chi connectivity index (χ2v) is 3.97. The average Bonchev–Trinajstić information content (AvgIpc) is 2.14. The molecule has 0 heterocycles. The third-order valence-electron chi connectivity index (χ3n) is 1.86. The van der Waals surface area contributed by atoms with E-state index in [4.69, 9.17) is 11.6 Å². The number of hydrogen-bond donors (Lipinski definition) is 0. The molecule has 4 nitrogen and oxygen atoms in total. The molecule has 0 unspecified atom stereocenters. The molecule has 0 aliphatic carbocycles. The molecule has 0 saturated heterocycles. The second-order valence-electron chi connectivity index (χ2n) is 3.59. The van der Waals surface area contributed by atoms with Gasteiger partial charge in [0.25, 0.3) is 0 Å². The first-order chi connectivity index (χ1) is 7.67. The van der Waals surface area contributed by atoms with E-state index in [9.17, 15) is 22.8 Å². The minimum absolute atomic E-state index is 0.0800. The summed E-state index contributed by atoms with van der Waals surface area (Å²) in [5.41, 5.74) is 0. The first-order valence-corrected chi connectivity index (χ1v) is 5.31. The molecule has 0 aromatic heterocycles. The summed E-state index contributed by atoms with van der Waals surface area (Å²) in [7, 11) is 2.81. The van der Waals surface area contributed by atoms with Gasteiger partial charge >= 0.3 is 6.18 Å². The van der Waals surface area contributed by atoms with Gasteiger partial charge in [-0.1, -0.05) is 0 Å². The van der Waals surface area contributed by atoms with E-state index in [0.717, 1.165) is 4.90 Å². The van der Waals surface area contributed by atoms with Crippen LogP contribution in [0.3, 0.4) is 0 Å². The summed E-state index contributed by atoms with van der Waals surface area (Å²) in [4.78, 5) is 24.2. The molecule has 0 radical (unpaired) electrons. The number of alkyl halides is 4. The number of likely N-dealkylation sites (N-methyl/N-ethyl adjacent to an activating group) is 1. The number of hydrogen-bond acceptors (Lipinski definition) is 2. The van der Waals surface area contributed by atoms with Crippen LogP contribution in [0, 0.1) is 0 Å². The Kier molecular flexibility index (Phi) is 6.30. The molecule has 2 amide bonds. The molecule has 0 atom stereocenters. The van der Waals surface area contributed by atoms with Crippen LogP contribution in [0.4, 0.5) is 13.2 Å². The van der Waals surface area contributed by atoms with Crippen molar-refractivity contribution in [2.75, 3.05) is 33.1 Å². The van der Waals surface area contributed by atoms with Crippen LogP contribution in [0.2, 0.25) is 0 Å². The van der Waals surface area contributed by atoms with Crippen LogP contribution in [0.1, 0.15) is 6.42 Å². The Bertz CT molecular complexity index is 282. The van der Waals surface area contributed by atoms with Gasteiger partial charge in [0.2, 0.25) is 11.8 Å². The number of halogens is 4. The largest absolute Gasteiger partial charge is 0.406 e. The van der Waals surface area contributed by atoms with Crippen molar-refractivity contribution in [2.45, 2.75) is 12.6 Å². The second kappa shape index (κ2) is 6.68. The van der Waals surface area contributed by atoms with Gasteiger partial charge in [0.05, 0.1) is 0 Å². The van der Waals surface area contributed by atoms with Crippen LogP contribution in [0.25, 0.3) is 0 Å². The van der Waals surface area contributed by atoms with E-state index in [-0.39, 0.29) is 12.3 Å². The number of carbonyl (C=O) groups is 2. The Labute approximate surface area is 102 Å². The van der Waals surface area contributed by atoms with E-state index >= 15 is 0 Å². The highest BCUT2D eigenvalue weighted by Gasteiger charge is 2.33. The van der Waals surface area contributed by atoms with Gasteiger partial charge < -0.3 is 9.80 Å². The average molecular weight is 275 g/mol. The Morgan fingerprint density at radius 2 is 1.71 bits per heavy atom. The van der Waals surface area contributed by atoms with Gasteiger partial charge in [-0.2, -0.15) is 13.2 Å². The Balaban J connectivity index is 4.62. The van der Waals surface area contributed by atoms with Crippen molar-refractivity contribution in [3.05, 3.63) is 0 Å². The monoisotopic (exact) mass is 274 g/mol. The number of carbonyl (C=O) groups excluding carboxylic acids is 2. The van der Waals surface area contributed by atoms with Gasteiger partial charge in [-0.3, -0.25) is 9.59 Å². The lowest BCUT2D eigenvalue weighted by Crippen LogP contribution is -2.44. The predicted octanol–water partition coefficient (Wildman–Crippen LogP) is 1.09. The molecular formula is C9H14ClF3N2O2. The van der Waals surface area contributed by atoms with E-state index in [2.05, 4.69) is 0 Å². The maximum atomic E-state index is 12.2. The van der Waals surface area contributed by atoms with E-state index in [0.29, 0.717) is 4.90 Å². The zero-order valence-corrected chi connectivity index (χ0v) is 10.3. The first kappa shape index (κ1) is 16.0. The highest BCUT2D eigenvalue weighted by Crippen LogP contribution is 2.17. The summed E-state index contributed by atoms with van der Waals surface area (Å²) in [5, 5.41) is 0. The van der Waals surface area contributed by atoms with Gasteiger partial charge in [0.1, 0.15) is 13.1 Å². The van der Waals surface area contributed by atoms with Crippen LogP contribution in [-0.4, -0.2) is 60.9 Å². The lowest BCUT2D eigenvalue weighted by atomic mass is 10.3. The lowest BCUT2D eigenvalue weighted by Gasteiger charge is -2.24. The molecule has 0 rings (SSSR count). The maximum absolute atomic E-state index is 12.2. The lowest BCUT2D eigenvalue weighted by molar-refractivity contribution is -0.163. The fourth-order valence-corrected chi connectivity index (χ4v) is 1.15. The van der Waals surface area contributed by atoms with E-state index < -0.39 is 31.1 Å². The van der Waals surface area contributed by atoms with Crippen LogP contribution >= 0.6 is 11.6 Å². The van der Waals surface area contributed by atoms with Gasteiger partial charge in [-0.05, 0) is 0 Å². The normalized spacial score (nSPS) is 11.2. The highest BCUT2D eigenvalue weighted by molar-refractivity contribution is 6.18. The van der Waals surface area contributed by atoms with Crippen molar-refractivity contribution in [1.29, 1.82) is 0 Å². The quantitative estimate of drug-likeness (QED) is 0.704. The van der Waals surface area contributed by atoms with Crippen LogP contribution in [0.15, 0.2) is 0 Å². The fourth-order valence-electron chi connectivity index (χ4n) is 0.992. The van der Waals surface area contributed by atoms with Crippen LogP contribution in [0.5, 0.6) is 0 Å². The molecule has 0 bridgehead atoms. The summed E-state index contributed by atoms with van der Waals surface area (Å²) < 4.78 is 36.6. The Morgan fingerprint density at radius 3 is 2.06 bits per heavy atom. The van der Waals surface area contributed by atoms with Crippen molar-refractivity contribution in [2.24, 2.45) is 0 Å². The van der Waals surface area contributed by atoms with E-state index in [1.807, 2.05) is 0 Å². The maximum Gasteiger partial charge on any atom is 0.406 e. The first-order valence-electron chi connectivity index (χ1n) is 4.78. The van der Waals surface area contributed by atoms with Crippen molar-refractivity contribution in [3.63, 3.8) is 0 Å². The topological polar surface area (TPSA) is 40.6 Å². The van der Waals surface area contributed by atoms with Gasteiger partial charge in [-0.15, -0.1) is 11.6 Å². The minimum Gasteiger partial charge on any atom is -0.347 e. The van der Waals surface area contributed by atoms with Crippen molar-refractivity contribution >= 4 is 23.4 Å². The summed E-state index contributed by atoms with van der Waals surface area (Å²) >= 11 is 5.29. The Hall–Kier alpha value is -0.980. The summed E-state index contributed by atoms with van der Waals surface area (Å²) in [5.74, 6) is -1.44. The molecule has 17 heavy (non-hydrogen) atoms. The van der Waals surface area contributed by atoms with Crippen molar-refractivity contribution < 1.29 is 22.8 Å². The fraction of sp³-hybridized carbons (Fsp3) is 0.778. The standard InChI is InChI=1S/C9H14ClF3N2O2/c1-14(2)8(17)5-15(6-9(11,12)13)7(16)3-4-10/h3-6H2,1-2H3. The van der Waals surface area contributed by atoms with E-state index in [1.54, 1.807) is 0 Å². The number of rotatable bonds is 5. The third kappa shape index (κ3) is 7.04. The predicted molar refractivity (Wildman–Crippen MR) is 56.7 cm³/mol. The molecule has 0 aromatic carbocycles. The molecule has 100 valence electrons. The Morgan fingerprint density at radius 1 is 1.18 bits per heavy atom. The summed E-state index contributed by atoms with van der Waals surface area (Å²) in [6.45, 7) is -2.04. The SMILES string of the molecule is CN(C)C(=O)CN(CC(F)(F)F)C(=O)CCCl. The minimum atomic E-state index is -4.53. The molecule has 0 aromatic rings. The molecule has 0 N–H and O–H groups in total. The van der Waals surface area contributed by atoms with Gasteiger partial charge in [-0.25, -0.2) is 0 Å². The number of amides is 2. The highest BCUT2D eigenvalue weighted by atomic mass is 35.5. The molecule has 0 aliphatic heterocycles. The number of nitrogens with zero attached hydrogens (tertiary/aromatic N) is 2. The summed E-state index contributed by atoms with van der Waals surface area (Å²) in [6, 6.07) is 0. The van der Waals surface area contributed by atoms with Crippen LogP contribution < -0.4 is 0 Å². The van der Waals surface area contributed by atoms with Crippen molar-refractivity contribution in [1.82, 2.24) is 9.80 Å². The molecule has 0 aliphatic rings. The van der Waals surface area contributed by atoms with Crippen LogP contribution in [-0.2, 0) is 9.59 Å². The molecule has 0 spiro atoms. The van der Waals surface area contributed by atoms with Gasteiger partial charge in [0, 0.05) is 26.4 Å². The molecule has 0 saturated carbocycles. The summed E-state index contributed by atoms with van der Waals surface area (Å²) in [6.07, 6.45) is -4.76.